The van der Waals surface area contributed by atoms with Crippen molar-refractivity contribution in [3.05, 3.63) is 24.3 Å². The molecule has 1 heterocycles. The summed E-state index contributed by atoms with van der Waals surface area (Å²) >= 11 is 1.68. The molecule has 0 atom stereocenters. The lowest BCUT2D eigenvalue weighted by Crippen LogP contribution is -2.65. The maximum absolute atomic E-state index is 10.8. The summed E-state index contributed by atoms with van der Waals surface area (Å²) in [5.74, 6) is -0.764. The molecule has 92 valence electrons. The molecule has 0 amide bonds. The minimum absolute atomic E-state index is 0.142. The molecule has 5 heteroatoms. The summed E-state index contributed by atoms with van der Waals surface area (Å²) in [4.78, 5) is 12.0. The molecular weight excluding hydrogens is 236 g/mol. The molecule has 1 aliphatic rings. The zero-order chi connectivity index (χ0) is 12.3. The lowest BCUT2D eigenvalue weighted by molar-refractivity contribution is -0.138. The molecule has 1 aliphatic heterocycles. The van der Waals surface area contributed by atoms with E-state index >= 15 is 0 Å². The molecule has 1 aromatic rings. The molecule has 0 unspecified atom stereocenters. The van der Waals surface area contributed by atoms with Crippen molar-refractivity contribution in [1.82, 2.24) is 5.32 Å². The SMILES string of the molecule is CSc1cccc(NC2(CC(=O)O)CNC2)c1. The number of benzene rings is 1. The summed E-state index contributed by atoms with van der Waals surface area (Å²) in [6.07, 6.45) is 2.17. The molecule has 0 aliphatic carbocycles. The van der Waals surface area contributed by atoms with E-state index in [0.29, 0.717) is 13.1 Å². The Bertz CT molecular complexity index is 419. The maximum atomic E-state index is 10.8. The van der Waals surface area contributed by atoms with Crippen LogP contribution in [0.3, 0.4) is 0 Å². The fourth-order valence-electron chi connectivity index (χ4n) is 1.98. The number of carboxylic acid groups (broad SMARTS) is 1. The lowest BCUT2D eigenvalue weighted by atomic mass is 9.88. The normalized spacial score (nSPS) is 17.2. The van der Waals surface area contributed by atoms with Crippen LogP contribution in [-0.2, 0) is 4.79 Å². The van der Waals surface area contributed by atoms with Crippen molar-refractivity contribution in [3.63, 3.8) is 0 Å². The van der Waals surface area contributed by atoms with Gasteiger partial charge in [-0.15, -0.1) is 11.8 Å². The van der Waals surface area contributed by atoms with Crippen LogP contribution in [0.4, 0.5) is 5.69 Å². The third-order valence-corrected chi connectivity index (χ3v) is 3.62. The van der Waals surface area contributed by atoms with E-state index in [0.717, 1.165) is 5.69 Å². The molecule has 17 heavy (non-hydrogen) atoms. The van der Waals surface area contributed by atoms with Gasteiger partial charge in [-0.2, -0.15) is 0 Å². The van der Waals surface area contributed by atoms with E-state index in [1.54, 1.807) is 11.8 Å². The number of rotatable bonds is 5. The highest BCUT2D eigenvalue weighted by molar-refractivity contribution is 7.98. The quantitative estimate of drug-likeness (QED) is 0.695. The first-order valence-electron chi connectivity index (χ1n) is 5.48. The molecule has 0 aromatic heterocycles. The van der Waals surface area contributed by atoms with Crippen molar-refractivity contribution in [3.8, 4) is 0 Å². The Morgan fingerprint density at radius 3 is 2.88 bits per heavy atom. The molecule has 0 radical (unpaired) electrons. The Labute approximate surface area is 105 Å². The van der Waals surface area contributed by atoms with Crippen LogP contribution < -0.4 is 10.6 Å². The summed E-state index contributed by atoms with van der Waals surface area (Å²) < 4.78 is 0. The van der Waals surface area contributed by atoms with Crippen molar-refractivity contribution in [2.45, 2.75) is 16.9 Å². The van der Waals surface area contributed by atoms with Crippen LogP contribution >= 0.6 is 11.8 Å². The van der Waals surface area contributed by atoms with Crippen LogP contribution in [0.25, 0.3) is 0 Å². The van der Waals surface area contributed by atoms with E-state index in [9.17, 15) is 4.79 Å². The second-order valence-corrected chi connectivity index (χ2v) is 5.19. The van der Waals surface area contributed by atoms with Gasteiger partial charge in [0, 0.05) is 23.7 Å². The number of carboxylic acids is 1. The Hall–Kier alpha value is -1.20. The van der Waals surface area contributed by atoms with Gasteiger partial charge in [0.15, 0.2) is 0 Å². The summed E-state index contributed by atoms with van der Waals surface area (Å²) in [5, 5.41) is 15.4. The van der Waals surface area contributed by atoms with E-state index in [1.807, 2.05) is 30.5 Å². The van der Waals surface area contributed by atoms with E-state index in [2.05, 4.69) is 10.6 Å². The van der Waals surface area contributed by atoms with Crippen molar-refractivity contribution in [1.29, 1.82) is 0 Å². The van der Waals surface area contributed by atoms with Gasteiger partial charge in [0.25, 0.3) is 0 Å². The molecular formula is C12H16N2O2S. The fraction of sp³-hybridized carbons (Fsp3) is 0.417. The third-order valence-electron chi connectivity index (χ3n) is 2.90. The fourth-order valence-corrected chi connectivity index (χ4v) is 2.44. The van der Waals surface area contributed by atoms with Crippen molar-refractivity contribution in [2.75, 3.05) is 24.7 Å². The van der Waals surface area contributed by atoms with E-state index in [1.165, 1.54) is 4.90 Å². The Kier molecular flexibility index (Phi) is 3.59. The molecule has 1 saturated heterocycles. The molecule has 0 saturated carbocycles. The highest BCUT2D eigenvalue weighted by atomic mass is 32.2. The van der Waals surface area contributed by atoms with Crippen molar-refractivity contribution in [2.24, 2.45) is 0 Å². The second-order valence-electron chi connectivity index (χ2n) is 4.31. The summed E-state index contributed by atoms with van der Waals surface area (Å²) in [6.45, 7) is 1.39. The smallest absolute Gasteiger partial charge is 0.305 e. The number of anilines is 1. The molecule has 4 nitrogen and oxygen atoms in total. The average Bonchev–Trinajstić information content (AvgIpc) is 2.26. The number of hydrogen-bond acceptors (Lipinski definition) is 4. The largest absolute Gasteiger partial charge is 0.481 e. The van der Waals surface area contributed by atoms with E-state index in [-0.39, 0.29) is 12.0 Å². The van der Waals surface area contributed by atoms with Crippen LogP contribution in [0.1, 0.15) is 6.42 Å². The van der Waals surface area contributed by atoms with Crippen LogP contribution in [0.2, 0.25) is 0 Å². The van der Waals surface area contributed by atoms with E-state index < -0.39 is 5.97 Å². The van der Waals surface area contributed by atoms with Crippen LogP contribution in [-0.4, -0.2) is 36.0 Å². The molecule has 0 bridgehead atoms. The minimum Gasteiger partial charge on any atom is -0.481 e. The Balaban J connectivity index is 2.09. The number of hydrogen-bond donors (Lipinski definition) is 3. The Morgan fingerprint density at radius 1 is 1.59 bits per heavy atom. The summed E-state index contributed by atoms with van der Waals surface area (Å²) in [6, 6.07) is 8.04. The highest BCUT2D eigenvalue weighted by Crippen LogP contribution is 2.25. The number of carbonyl (C=O) groups is 1. The number of aliphatic carboxylic acids is 1. The van der Waals surface area contributed by atoms with Gasteiger partial charge < -0.3 is 15.7 Å². The molecule has 3 N–H and O–H groups in total. The maximum Gasteiger partial charge on any atom is 0.305 e. The highest BCUT2D eigenvalue weighted by Gasteiger charge is 2.38. The molecule has 1 fully saturated rings. The average molecular weight is 252 g/mol. The lowest BCUT2D eigenvalue weighted by Gasteiger charge is -2.43. The molecule has 0 spiro atoms. The minimum atomic E-state index is -0.764. The van der Waals surface area contributed by atoms with Crippen LogP contribution in [0.15, 0.2) is 29.2 Å². The van der Waals surface area contributed by atoms with Gasteiger partial charge in [0.2, 0.25) is 0 Å². The Morgan fingerprint density at radius 2 is 2.35 bits per heavy atom. The predicted octanol–water partition coefficient (Wildman–Crippen LogP) is 1.64. The first-order valence-corrected chi connectivity index (χ1v) is 6.71. The first-order chi connectivity index (χ1) is 8.13. The van der Waals surface area contributed by atoms with Crippen molar-refractivity contribution < 1.29 is 9.90 Å². The van der Waals surface area contributed by atoms with Gasteiger partial charge in [0.05, 0.1) is 12.0 Å². The van der Waals surface area contributed by atoms with Gasteiger partial charge in [0.1, 0.15) is 0 Å². The van der Waals surface area contributed by atoms with Gasteiger partial charge in [-0.25, -0.2) is 0 Å². The summed E-state index contributed by atoms with van der Waals surface area (Å²) in [5.41, 5.74) is 0.655. The topological polar surface area (TPSA) is 61.4 Å². The van der Waals surface area contributed by atoms with E-state index in [4.69, 9.17) is 5.11 Å². The van der Waals surface area contributed by atoms with Gasteiger partial charge >= 0.3 is 5.97 Å². The third kappa shape index (κ3) is 2.92. The predicted molar refractivity (Wildman–Crippen MR) is 69.7 cm³/mol. The van der Waals surface area contributed by atoms with Crippen LogP contribution in [0.5, 0.6) is 0 Å². The summed E-state index contributed by atoms with van der Waals surface area (Å²) in [7, 11) is 0. The second kappa shape index (κ2) is 4.98. The number of thioether (sulfide) groups is 1. The molecule has 2 rings (SSSR count). The first kappa shape index (κ1) is 12.3. The monoisotopic (exact) mass is 252 g/mol. The standard InChI is InChI=1S/C12H16N2O2S/c1-17-10-4-2-3-9(5-10)14-12(6-11(15)16)7-13-8-12/h2-5,13-14H,6-8H2,1H3,(H,15,16). The van der Waals surface area contributed by atoms with Gasteiger partial charge in [-0.1, -0.05) is 6.07 Å². The zero-order valence-electron chi connectivity index (χ0n) is 9.69. The van der Waals surface area contributed by atoms with Crippen molar-refractivity contribution >= 4 is 23.4 Å². The molecule has 1 aromatic carbocycles. The van der Waals surface area contributed by atoms with Crippen LogP contribution in [0, 0.1) is 0 Å². The number of nitrogens with one attached hydrogen (secondary N) is 2. The van der Waals surface area contributed by atoms with Gasteiger partial charge in [-0.05, 0) is 24.5 Å². The van der Waals surface area contributed by atoms with Gasteiger partial charge in [-0.3, -0.25) is 4.79 Å². The zero-order valence-corrected chi connectivity index (χ0v) is 10.5.